The van der Waals surface area contributed by atoms with Gasteiger partial charge in [-0.3, -0.25) is 9.59 Å². The molecule has 3 nitrogen and oxygen atoms in total. The Morgan fingerprint density at radius 3 is 2.62 bits per heavy atom. The molecule has 1 aromatic rings. The van der Waals surface area contributed by atoms with Gasteiger partial charge in [-0.1, -0.05) is 24.3 Å². The Balaban J connectivity index is 1.52. The Morgan fingerprint density at radius 2 is 2.00 bits per heavy atom. The first-order valence-corrected chi connectivity index (χ1v) is 7.97. The molecule has 2 saturated carbocycles. The monoisotopic (exact) mass is 286 g/mol. The van der Waals surface area contributed by atoms with Crippen LogP contribution in [0, 0.1) is 11.8 Å². The molecule has 0 radical (unpaired) electrons. The zero-order valence-electron chi connectivity index (χ0n) is 12.3. The molecule has 1 aromatic carbocycles. The smallest absolute Gasteiger partial charge is 0.306 e. The number of carbonyl (C=O) groups is 2. The summed E-state index contributed by atoms with van der Waals surface area (Å²) in [7, 11) is 0. The van der Waals surface area contributed by atoms with Crippen molar-refractivity contribution in [1.29, 1.82) is 0 Å². The second-order valence-corrected chi connectivity index (χ2v) is 6.55. The van der Waals surface area contributed by atoms with Gasteiger partial charge in [-0.15, -0.1) is 0 Å². The largest absolute Gasteiger partial charge is 0.481 e. The van der Waals surface area contributed by atoms with E-state index in [1.54, 1.807) is 0 Å². The number of rotatable bonds is 5. The molecule has 0 heterocycles. The van der Waals surface area contributed by atoms with Crippen molar-refractivity contribution in [2.24, 2.45) is 11.8 Å². The molecule has 0 aromatic heterocycles. The lowest BCUT2D eigenvalue weighted by atomic mass is 9.83. The van der Waals surface area contributed by atoms with Crippen molar-refractivity contribution in [2.75, 3.05) is 0 Å². The highest BCUT2D eigenvalue weighted by Gasteiger charge is 2.42. The molecule has 0 spiro atoms. The zero-order valence-corrected chi connectivity index (χ0v) is 12.3. The van der Waals surface area contributed by atoms with Crippen molar-refractivity contribution in [3.8, 4) is 0 Å². The second-order valence-electron chi connectivity index (χ2n) is 6.55. The number of ketones is 1. The molecule has 2 aliphatic carbocycles. The van der Waals surface area contributed by atoms with Gasteiger partial charge in [0.15, 0.2) is 0 Å². The Morgan fingerprint density at radius 1 is 1.24 bits per heavy atom. The summed E-state index contributed by atoms with van der Waals surface area (Å²) in [6.45, 7) is 0. The fourth-order valence-corrected chi connectivity index (χ4v) is 3.49. The maximum Gasteiger partial charge on any atom is 0.306 e. The average molecular weight is 286 g/mol. The summed E-state index contributed by atoms with van der Waals surface area (Å²) < 4.78 is 0. The van der Waals surface area contributed by atoms with Crippen LogP contribution in [0.1, 0.15) is 55.6 Å². The summed E-state index contributed by atoms with van der Waals surface area (Å²) >= 11 is 0. The third kappa shape index (κ3) is 3.52. The van der Waals surface area contributed by atoms with Crippen LogP contribution >= 0.6 is 0 Å². The summed E-state index contributed by atoms with van der Waals surface area (Å²) in [5, 5.41) is 8.90. The summed E-state index contributed by atoms with van der Waals surface area (Å²) in [6, 6.07) is 8.60. The first kappa shape index (κ1) is 14.3. The first-order valence-electron chi connectivity index (χ1n) is 7.97. The van der Waals surface area contributed by atoms with E-state index in [2.05, 4.69) is 24.3 Å². The molecule has 3 unspecified atom stereocenters. The van der Waals surface area contributed by atoms with E-state index in [4.69, 9.17) is 5.11 Å². The number of carboxylic acids is 1. The molecule has 2 fully saturated rings. The Labute approximate surface area is 125 Å². The lowest BCUT2D eigenvalue weighted by Gasteiger charge is -2.21. The van der Waals surface area contributed by atoms with Crippen LogP contribution in [-0.2, 0) is 16.0 Å². The van der Waals surface area contributed by atoms with Gasteiger partial charge in [-0.25, -0.2) is 0 Å². The molecule has 3 atom stereocenters. The number of carboxylic acid groups (broad SMARTS) is 1. The van der Waals surface area contributed by atoms with Crippen molar-refractivity contribution in [3.05, 3.63) is 35.4 Å². The number of hydrogen-bond donors (Lipinski definition) is 1. The van der Waals surface area contributed by atoms with Gasteiger partial charge in [0.2, 0.25) is 0 Å². The maximum absolute atomic E-state index is 11.5. The Bertz CT molecular complexity index is 532. The van der Waals surface area contributed by atoms with Crippen LogP contribution in [0.25, 0.3) is 0 Å². The van der Waals surface area contributed by atoms with Crippen molar-refractivity contribution < 1.29 is 14.7 Å². The summed E-state index contributed by atoms with van der Waals surface area (Å²) in [5.74, 6) is 0.428. The van der Waals surface area contributed by atoms with Gasteiger partial charge in [0.1, 0.15) is 5.78 Å². The highest BCUT2D eigenvalue weighted by molar-refractivity contribution is 5.80. The average Bonchev–Trinajstić information content (AvgIpc) is 3.25. The maximum atomic E-state index is 11.5. The van der Waals surface area contributed by atoms with Crippen LogP contribution in [0.15, 0.2) is 24.3 Å². The summed E-state index contributed by atoms with van der Waals surface area (Å²) in [4.78, 5) is 22.3. The van der Waals surface area contributed by atoms with Crippen LogP contribution in [0.5, 0.6) is 0 Å². The molecule has 0 bridgehead atoms. The molecule has 3 heteroatoms. The predicted octanol–water partition coefficient (Wildman–Crippen LogP) is 3.57. The van der Waals surface area contributed by atoms with E-state index in [1.807, 2.05) is 0 Å². The SMILES string of the molecule is O=C1CCCC(c2ccc(CCC3CC3C(=O)O)cc2)C1. The van der Waals surface area contributed by atoms with Gasteiger partial charge in [-0.2, -0.15) is 0 Å². The van der Waals surface area contributed by atoms with Crippen LogP contribution in [-0.4, -0.2) is 16.9 Å². The van der Waals surface area contributed by atoms with Gasteiger partial charge in [0.25, 0.3) is 0 Å². The minimum absolute atomic E-state index is 0.0995. The molecule has 2 aliphatic rings. The van der Waals surface area contributed by atoms with Crippen molar-refractivity contribution in [1.82, 2.24) is 0 Å². The van der Waals surface area contributed by atoms with Gasteiger partial charge < -0.3 is 5.11 Å². The van der Waals surface area contributed by atoms with E-state index in [9.17, 15) is 9.59 Å². The molecule has 112 valence electrons. The van der Waals surface area contributed by atoms with Crippen molar-refractivity contribution in [2.45, 2.75) is 50.9 Å². The van der Waals surface area contributed by atoms with Gasteiger partial charge in [0, 0.05) is 12.8 Å². The second kappa shape index (κ2) is 6.00. The molecule has 3 rings (SSSR count). The molecule has 1 N–H and O–H groups in total. The zero-order chi connectivity index (χ0) is 14.8. The first-order chi connectivity index (χ1) is 10.1. The minimum atomic E-state index is -0.641. The topological polar surface area (TPSA) is 54.4 Å². The summed E-state index contributed by atoms with van der Waals surface area (Å²) in [5.41, 5.74) is 2.55. The number of aryl methyl sites for hydroxylation is 1. The predicted molar refractivity (Wildman–Crippen MR) is 80.2 cm³/mol. The third-order valence-electron chi connectivity index (χ3n) is 4.98. The Hall–Kier alpha value is -1.64. The van der Waals surface area contributed by atoms with Crippen molar-refractivity contribution in [3.63, 3.8) is 0 Å². The quantitative estimate of drug-likeness (QED) is 0.900. The highest BCUT2D eigenvalue weighted by atomic mass is 16.4. The van der Waals surface area contributed by atoms with Gasteiger partial charge in [-0.05, 0) is 55.1 Å². The summed E-state index contributed by atoms with van der Waals surface area (Å²) in [6.07, 6.45) is 6.35. The van der Waals surface area contributed by atoms with E-state index >= 15 is 0 Å². The number of Topliss-reactive ketones (excluding diaryl/α,β-unsaturated/α-hetero) is 1. The molecule has 0 aliphatic heterocycles. The Kier molecular flexibility index (Phi) is 4.09. The van der Waals surface area contributed by atoms with Crippen molar-refractivity contribution >= 4 is 11.8 Å². The fraction of sp³-hybridized carbons (Fsp3) is 0.556. The lowest BCUT2D eigenvalue weighted by molar-refractivity contribution is -0.138. The fourth-order valence-electron chi connectivity index (χ4n) is 3.49. The molecule has 0 saturated heterocycles. The van der Waals surface area contributed by atoms with E-state index in [0.29, 0.717) is 24.0 Å². The number of hydrogen-bond acceptors (Lipinski definition) is 2. The van der Waals surface area contributed by atoms with Crippen LogP contribution in [0.4, 0.5) is 0 Å². The minimum Gasteiger partial charge on any atom is -0.481 e. The van der Waals surface area contributed by atoms with E-state index in [-0.39, 0.29) is 5.92 Å². The van der Waals surface area contributed by atoms with E-state index < -0.39 is 5.97 Å². The molecule has 21 heavy (non-hydrogen) atoms. The van der Waals surface area contributed by atoms with Crippen LogP contribution in [0.2, 0.25) is 0 Å². The molecule has 0 amide bonds. The number of aliphatic carboxylic acids is 1. The number of benzene rings is 1. The standard InChI is InChI=1S/C18H22O3/c19-16-3-1-2-14(10-16)13-7-4-12(5-8-13)6-9-15-11-17(15)18(20)21/h4-5,7-8,14-15,17H,1-3,6,9-11H2,(H,20,21). The van der Waals surface area contributed by atoms with Gasteiger partial charge in [0.05, 0.1) is 5.92 Å². The number of carbonyl (C=O) groups excluding carboxylic acids is 1. The van der Waals surface area contributed by atoms with E-state index in [0.717, 1.165) is 38.5 Å². The van der Waals surface area contributed by atoms with Gasteiger partial charge >= 0.3 is 5.97 Å². The van der Waals surface area contributed by atoms with Crippen LogP contribution < -0.4 is 0 Å². The van der Waals surface area contributed by atoms with E-state index in [1.165, 1.54) is 11.1 Å². The lowest BCUT2D eigenvalue weighted by Crippen LogP contribution is -2.13. The van der Waals surface area contributed by atoms with Crippen LogP contribution in [0.3, 0.4) is 0 Å². The molecular weight excluding hydrogens is 264 g/mol. The molecular formula is C18H22O3. The third-order valence-corrected chi connectivity index (χ3v) is 4.98. The normalized spacial score (nSPS) is 28.4. The highest BCUT2D eigenvalue weighted by Crippen LogP contribution is 2.42.